The number of furan rings is 1. The maximum atomic E-state index is 13.4. The van der Waals surface area contributed by atoms with E-state index in [-0.39, 0.29) is 5.78 Å². The van der Waals surface area contributed by atoms with E-state index in [9.17, 15) is 4.79 Å². The maximum Gasteiger partial charge on any atom is 0.198 e. The molecule has 0 atom stereocenters. The molecule has 1 heterocycles. The molecule has 4 heteroatoms. The van der Waals surface area contributed by atoms with E-state index < -0.39 is 0 Å². The third-order valence-electron chi connectivity index (χ3n) is 6.08. The molecule has 4 aromatic rings. The number of ether oxygens (including phenoxy) is 1. The zero-order chi connectivity index (χ0) is 20.7. The molecule has 0 aliphatic heterocycles. The maximum absolute atomic E-state index is 13.4. The van der Waals surface area contributed by atoms with Gasteiger partial charge in [0.15, 0.2) is 5.78 Å². The second-order valence-corrected chi connectivity index (χ2v) is 7.70. The van der Waals surface area contributed by atoms with Gasteiger partial charge in [-0.1, -0.05) is 50.2 Å². The Kier molecular flexibility index (Phi) is 4.80. The Hall–Kier alpha value is -3.11. The lowest BCUT2D eigenvalue weighted by molar-refractivity contribution is 0.104. The molecule has 5 rings (SSSR count). The fraction of sp³-hybridized carbons (Fsp3) is 0.269. The summed E-state index contributed by atoms with van der Waals surface area (Å²) in [6.07, 6.45) is 0.970. The van der Waals surface area contributed by atoms with Gasteiger partial charge in [-0.3, -0.25) is 4.79 Å². The molecule has 152 valence electrons. The summed E-state index contributed by atoms with van der Waals surface area (Å²) < 4.78 is 12.3. The molecule has 0 bridgehead atoms. The van der Waals surface area contributed by atoms with E-state index in [1.165, 1.54) is 0 Å². The van der Waals surface area contributed by atoms with Crippen molar-refractivity contribution in [3.63, 3.8) is 0 Å². The summed E-state index contributed by atoms with van der Waals surface area (Å²) in [6.45, 7) is 8.15. The topological polar surface area (TPSA) is 42.7 Å². The third kappa shape index (κ3) is 2.91. The van der Waals surface area contributed by atoms with E-state index in [1.807, 2.05) is 54.6 Å². The number of hydrogen-bond acceptors (Lipinski definition) is 4. The Balaban J connectivity index is 1.54. The highest BCUT2D eigenvalue weighted by atomic mass is 16.5. The number of rotatable bonds is 7. The van der Waals surface area contributed by atoms with Crippen LogP contribution >= 0.6 is 0 Å². The van der Waals surface area contributed by atoms with Crippen LogP contribution in [0.25, 0.3) is 33.1 Å². The van der Waals surface area contributed by atoms with Crippen LogP contribution in [0, 0.1) is 0 Å². The number of nitrogens with zero attached hydrogens (tertiary/aromatic N) is 1. The second kappa shape index (κ2) is 7.62. The molecule has 0 fully saturated rings. The summed E-state index contributed by atoms with van der Waals surface area (Å²) in [4.78, 5) is 15.8. The van der Waals surface area contributed by atoms with Gasteiger partial charge in [0.05, 0.1) is 12.2 Å². The van der Waals surface area contributed by atoms with E-state index >= 15 is 0 Å². The smallest absolute Gasteiger partial charge is 0.198 e. The first-order valence-electron chi connectivity index (χ1n) is 10.7. The quantitative estimate of drug-likeness (QED) is 0.319. The van der Waals surface area contributed by atoms with Gasteiger partial charge in [-0.15, -0.1) is 0 Å². The van der Waals surface area contributed by atoms with Crippen LogP contribution < -0.4 is 4.74 Å². The average Bonchev–Trinajstić information content (AvgIpc) is 3.18. The molecular weight excluding hydrogens is 374 g/mol. The lowest BCUT2D eigenvalue weighted by atomic mass is 9.85. The van der Waals surface area contributed by atoms with Gasteiger partial charge in [0, 0.05) is 33.8 Å². The predicted octanol–water partition coefficient (Wildman–Crippen LogP) is 5.91. The molecular formula is C26H25NO3. The Morgan fingerprint density at radius 2 is 1.70 bits per heavy atom. The summed E-state index contributed by atoms with van der Waals surface area (Å²) in [7, 11) is 0. The Morgan fingerprint density at radius 1 is 0.900 bits per heavy atom. The van der Waals surface area contributed by atoms with E-state index in [4.69, 9.17) is 9.15 Å². The van der Waals surface area contributed by atoms with Gasteiger partial charge in [-0.2, -0.15) is 0 Å². The average molecular weight is 399 g/mol. The molecule has 0 spiro atoms. The van der Waals surface area contributed by atoms with Crippen molar-refractivity contribution in [2.45, 2.75) is 20.3 Å². The highest BCUT2D eigenvalue weighted by molar-refractivity contribution is 6.29. The van der Waals surface area contributed by atoms with Crippen molar-refractivity contribution < 1.29 is 13.9 Å². The van der Waals surface area contributed by atoms with E-state index in [0.29, 0.717) is 17.9 Å². The summed E-state index contributed by atoms with van der Waals surface area (Å²) >= 11 is 0. The zero-order valence-corrected chi connectivity index (χ0v) is 17.4. The van der Waals surface area contributed by atoms with Crippen LogP contribution in [0.15, 0.2) is 59.0 Å². The molecule has 0 radical (unpaired) electrons. The van der Waals surface area contributed by atoms with Crippen molar-refractivity contribution >= 4 is 27.5 Å². The Labute approximate surface area is 176 Å². The molecule has 1 aliphatic carbocycles. The van der Waals surface area contributed by atoms with Crippen molar-refractivity contribution in [3.05, 3.63) is 65.7 Å². The number of benzene rings is 3. The third-order valence-corrected chi connectivity index (χ3v) is 6.08. The SMILES string of the molecule is CCN(CC)CCCOc1ccc2c3c(cccc13)C(=O)c1c-2oc2ccccc12. The molecule has 1 aliphatic rings. The van der Waals surface area contributed by atoms with Crippen LogP contribution in [-0.2, 0) is 0 Å². The van der Waals surface area contributed by atoms with E-state index in [0.717, 1.165) is 64.7 Å². The summed E-state index contributed by atoms with van der Waals surface area (Å²) in [5.41, 5.74) is 3.09. The van der Waals surface area contributed by atoms with Crippen LogP contribution in [0.4, 0.5) is 0 Å². The molecule has 3 aromatic carbocycles. The molecule has 0 unspecified atom stereocenters. The lowest BCUT2D eigenvalue weighted by Crippen LogP contribution is -2.25. The fourth-order valence-electron chi connectivity index (χ4n) is 4.49. The summed E-state index contributed by atoms with van der Waals surface area (Å²) in [5, 5.41) is 2.76. The van der Waals surface area contributed by atoms with Crippen LogP contribution in [-0.4, -0.2) is 36.9 Å². The first-order valence-corrected chi connectivity index (χ1v) is 10.7. The van der Waals surface area contributed by atoms with Crippen molar-refractivity contribution in [2.75, 3.05) is 26.2 Å². The van der Waals surface area contributed by atoms with Crippen molar-refractivity contribution in [2.24, 2.45) is 0 Å². The number of hydrogen-bond donors (Lipinski definition) is 0. The van der Waals surface area contributed by atoms with Crippen LogP contribution in [0.1, 0.15) is 36.2 Å². The highest BCUT2D eigenvalue weighted by Crippen LogP contribution is 2.45. The number of carbonyl (C=O) groups excluding carboxylic acids is 1. The number of ketones is 1. The normalized spacial score (nSPS) is 12.7. The highest BCUT2D eigenvalue weighted by Gasteiger charge is 2.31. The largest absolute Gasteiger partial charge is 0.493 e. The molecule has 1 aromatic heterocycles. The van der Waals surface area contributed by atoms with Crippen molar-refractivity contribution in [3.8, 4) is 17.1 Å². The molecule has 0 N–H and O–H groups in total. The monoisotopic (exact) mass is 399 g/mol. The first-order chi connectivity index (χ1) is 14.7. The van der Waals surface area contributed by atoms with Crippen molar-refractivity contribution in [1.82, 2.24) is 4.90 Å². The van der Waals surface area contributed by atoms with Gasteiger partial charge in [0.1, 0.15) is 17.1 Å². The minimum absolute atomic E-state index is 0.0201. The molecule has 30 heavy (non-hydrogen) atoms. The molecule has 4 nitrogen and oxygen atoms in total. The standard InChI is InChI=1S/C26H25NO3/c1-3-27(4-2)15-8-16-29-21-14-13-20-23-17(21)10-7-11-19(23)25(28)24-18-9-5-6-12-22(18)30-26(20)24/h5-7,9-14H,3-4,8,15-16H2,1-2H3. The van der Waals surface area contributed by atoms with Gasteiger partial charge in [0.2, 0.25) is 0 Å². The summed E-state index contributed by atoms with van der Waals surface area (Å²) in [6, 6.07) is 17.6. The van der Waals surface area contributed by atoms with Gasteiger partial charge in [-0.05, 0) is 37.7 Å². The second-order valence-electron chi connectivity index (χ2n) is 7.70. The summed E-state index contributed by atoms with van der Waals surface area (Å²) in [5.74, 6) is 1.51. The zero-order valence-electron chi connectivity index (χ0n) is 17.4. The van der Waals surface area contributed by atoms with Gasteiger partial charge >= 0.3 is 0 Å². The number of carbonyl (C=O) groups is 1. The van der Waals surface area contributed by atoms with Crippen LogP contribution in [0.5, 0.6) is 5.75 Å². The van der Waals surface area contributed by atoms with Gasteiger partial charge in [0.25, 0.3) is 0 Å². The Bertz CT molecular complexity index is 1250. The van der Waals surface area contributed by atoms with E-state index in [2.05, 4.69) is 18.7 Å². The van der Waals surface area contributed by atoms with Gasteiger partial charge < -0.3 is 14.1 Å². The lowest BCUT2D eigenvalue weighted by Gasteiger charge is -2.20. The minimum atomic E-state index is 0.0201. The first kappa shape index (κ1) is 18.9. The molecule has 0 saturated carbocycles. The van der Waals surface area contributed by atoms with Crippen LogP contribution in [0.2, 0.25) is 0 Å². The van der Waals surface area contributed by atoms with Gasteiger partial charge in [-0.25, -0.2) is 0 Å². The van der Waals surface area contributed by atoms with E-state index in [1.54, 1.807) is 0 Å². The number of para-hydroxylation sites is 1. The minimum Gasteiger partial charge on any atom is -0.493 e. The number of fused-ring (bicyclic) bond motifs is 4. The van der Waals surface area contributed by atoms with Crippen molar-refractivity contribution in [1.29, 1.82) is 0 Å². The Morgan fingerprint density at radius 3 is 2.53 bits per heavy atom. The fourth-order valence-corrected chi connectivity index (χ4v) is 4.49. The molecule has 0 amide bonds. The predicted molar refractivity (Wildman–Crippen MR) is 120 cm³/mol. The van der Waals surface area contributed by atoms with Crippen LogP contribution in [0.3, 0.4) is 0 Å². The molecule has 0 saturated heterocycles.